The topological polar surface area (TPSA) is 78.3 Å². The van der Waals surface area contributed by atoms with Crippen LogP contribution in [0.3, 0.4) is 0 Å². The summed E-state index contributed by atoms with van der Waals surface area (Å²) in [7, 11) is 0. The highest BCUT2D eigenvalue weighted by atomic mass is 79.9. The third kappa shape index (κ3) is 5.80. The van der Waals surface area contributed by atoms with Gasteiger partial charge in [0.1, 0.15) is 6.33 Å². The molecule has 0 atom stereocenters. The lowest BCUT2D eigenvalue weighted by molar-refractivity contribution is -0.115. The van der Waals surface area contributed by atoms with E-state index in [1.165, 1.54) is 0 Å². The van der Waals surface area contributed by atoms with E-state index in [0.717, 1.165) is 15.6 Å². The molecule has 0 aliphatic heterocycles. The van der Waals surface area contributed by atoms with E-state index in [9.17, 15) is 4.79 Å². The van der Waals surface area contributed by atoms with Crippen LogP contribution in [0.25, 0.3) is 0 Å². The van der Waals surface area contributed by atoms with Gasteiger partial charge >= 0.3 is 0 Å². The van der Waals surface area contributed by atoms with Crippen molar-refractivity contribution >= 4 is 27.8 Å². The molecule has 0 spiro atoms. The van der Waals surface area contributed by atoms with E-state index in [1.54, 1.807) is 11.0 Å². The van der Waals surface area contributed by atoms with Crippen LogP contribution in [0, 0.1) is 0 Å². The minimum absolute atomic E-state index is 0.153. The molecule has 0 aliphatic carbocycles. The standard InChI is InChI=1S/C21H23BrN4O3/c1-3-28-18-10-16(17(22)12-19(18)29-4-2)11-20(27)24-21-23-14-26(25-21)13-15-8-6-5-7-9-15/h5-10,12,14H,3-4,11,13H2,1-2H3,(H,24,25,27). The van der Waals surface area contributed by atoms with Crippen LogP contribution in [-0.4, -0.2) is 33.9 Å². The van der Waals surface area contributed by atoms with Crippen LogP contribution < -0.4 is 14.8 Å². The summed E-state index contributed by atoms with van der Waals surface area (Å²) < 4.78 is 13.7. The smallest absolute Gasteiger partial charge is 0.248 e. The summed E-state index contributed by atoms with van der Waals surface area (Å²) in [4.78, 5) is 16.7. The number of rotatable bonds is 9. The molecule has 8 heteroatoms. The van der Waals surface area contributed by atoms with E-state index < -0.39 is 0 Å². The molecule has 0 radical (unpaired) electrons. The zero-order chi connectivity index (χ0) is 20.6. The second-order valence-electron chi connectivity index (χ2n) is 6.23. The van der Waals surface area contributed by atoms with Gasteiger partial charge < -0.3 is 9.47 Å². The fourth-order valence-corrected chi connectivity index (χ4v) is 3.25. The van der Waals surface area contributed by atoms with Crippen LogP contribution in [0.2, 0.25) is 0 Å². The first kappa shape index (κ1) is 20.9. The maximum atomic E-state index is 12.5. The third-order valence-corrected chi connectivity index (χ3v) is 4.78. The van der Waals surface area contributed by atoms with Crippen LogP contribution in [0.1, 0.15) is 25.0 Å². The van der Waals surface area contributed by atoms with E-state index in [-0.39, 0.29) is 18.3 Å². The number of nitrogens with one attached hydrogen (secondary N) is 1. The zero-order valence-corrected chi connectivity index (χ0v) is 18.0. The molecule has 152 valence electrons. The number of hydrogen-bond donors (Lipinski definition) is 1. The molecule has 0 saturated heterocycles. The van der Waals surface area contributed by atoms with E-state index in [0.29, 0.717) is 31.3 Å². The SMILES string of the molecule is CCOc1cc(Br)c(CC(=O)Nc2ncn(Cc3ccccc3)n2)cc1OCC. The molecule has 1 heterocycles. The van der Waals surface area contributed by atoms with Gasteiger partial charge in [-0.05, 0) is 37.1 Å². The Balaban J connectivity index is 1.65. The van der Waals surface area contributed by atoms with Crippen molar-refractivity contribution in [1.29, 1.82) is 0 Å². The zero-order valence-electron chi connectivity index (χ0n) is 16.4. The number of hydrogen-bond acceptors (Lipinski definition) is 5. The van der Waals surface area contributed by atoms with Crippen LogP contribution in [0.15, 0.2) is 53.3 Å². The lowest BCUT2D eigenvalue weighted by atomic mass is 10.1. The van der Waals surface area contributed by atoms with Crippen LogP contribution in [0.5, 0.6) is 11.5 Å². The van der Waals surface area contributed by atoms with Crippen molar-refractivity contribution in [2.24, 2.45) is 0 Å². The van der Waals surface area contributed by atoms with Crippen LogP contribution in [0.4, 0.5) is 5.95 Å². The summed E-state index contributed by atoms with van der Waals surface area (Å²) in [5.74, 6) is 1.32. The Kier molecular flexibility index (Phi) is 7.24. The fourth-order valence-electron chi connectivity index (χ4n) is 2.79. The maximum Gasteiger partial charge on any atom is 0.248 e. The van der Waals surface area contributed by atoms with Gasteiger partial charge in [0, 0.05) is 4.47 Å². The molecule has 3 rings (SSSR count). The molecule has 29 heavy (non-hydrogen) atoms. The number of halogens is 1. The number of benzene rings is 2. The molecule has 2 aromatic carbocycles. The van der Waals surface area contributed by atoms with Crippen LogP contribution >= 0.6 is 15.9 Å². The van der Waals surface area contributed by atoms with Crippen molar-refractivity contribution in [3.63, 3.8) is 0 Å². The number of aromatic nitrogens is 3. The van der Waals surface area contributed by atoms with Gasteiger partial charge in [-0.2, -0.15) is 0 Å². The summed E-state index contributed by atoms with van der Waals surface area (Å²) in [5, 5.41) is 7.05. The highest BCUT2D eigenvalue weighted by Crippen LogP contribution is 2.34. The monoisotopic (exact) mass is 458 g/mol. The molecule has 1 N–H and O–H groups in total. The van der Waals surface area contributed by atoms with E-state index in [1.807, 2.05) is 56.3 Å². The van der Waals surface area contributed by atoms with Gasteiger partial charge in [-0.15, -0.1) is 5.10 Å². The number of carbonyl (C=O) groups excluding carboxylic acids is 1. The Bertz CT molecular complexity index is 960. The first-order valence-corrected chi connectivity index (χ1v) is 10.2. The van der Waals surface area contributed by atoms with Crippen molar-refractivity contribution in [3.8, 4) is 11.5 Å². The van der Waals surface area contributed by atoms with Crippen molar-refractivity contribution < 1.29 is 14.3 Å². The van der Waals surface area contributed by atoms with Gasteiger partial charge in [-0.25, -0.2) is 9.67 Å². The van der Waals surface area contributed by atoms with Crippen LogP contribution in [-0.2, 0) is 17.8 Å². The Morgan fingerprint density at radius 1 is 1.10 bits per heavy atom. The molecular weight excluding hydrogens is 436 g/mol. The van der Waals surface area contributed by atoms with Gasteiger partial charge in [-0.1, -0.05) is 46.3 Å². The molecule has 0 saturated carbocycles. The highest BCUT2D eigenvalue weighted by Gasteiger charge is 2.15. The summed E-state index contributed by atoms with van der Waals surface area (Å²) in [6.45, 7) is 5.45. The van der Waals surface area contributed by atoms with Crippen molar-refractivity contribution in [1.82, 2.24) is 14.8 Å². The average Bonchev–Trinajstić information content (AvgIpc) is 3.13. The number of nitrogens with zero attached hydrogens (tertiary/aromatic N) is 3. The molecule has 1 aromatic heterocycles. The molecular formula is C21H23BrN4O3. The Morgan fingerprint density at radius 3 is 2.48 bits per heavy atom. The van der Waals surface area contributed by atoms with Gasteiger partial charge in [0.2, 0.25) is 11.9 Å². The number of carbonyl (C=O) groups is 1. The second-order valence-corrected chi connectivity index (χ2v) is 7.09. The summed E-state index contributed by atoms with van der Waals surface area (Å²) in [5.41, 5.74) is 1.90. The maximum absolute atomic E-state index is 12.5. The first-order valence-electron chi connectivity index (χ1n) is 9.40. The number of ether oxygens (including phenoxy) is 2. The van der Waals surface area contributed by atoms with Crippen molar-refractivity contribution in [2.75, 3.05) is 18.5 Å². The second kappa shape index (κ2) is 10.1. The quantitative estimate of drug-likeness (QED) is 0.522. The molecule has 7 nitrogen and oxygen atoms in total. The normalized spacial score (nSPS) is 10.6. The molecule has 0 fully saturated rings. The number of anilines is 1. The highest BCUT2D eigenvalue weighted by molar-refractivity contribution is 9.10. The molecule has 0 unspecified atom stereocenters. The minimum atomic E-state index is -0.213. The van der Waals surface area contributed by atoms with Gasteiger partial charge in [0.05, 0.1) is 26.2 Å². The Hall–Kier alpha value is -2.87. The lowest BCUT2D eigenvalue weighted by Gasteiger charge is -2.14. The predicted octanol–water partition coefficient (Wildman–Crippen LogP) is 4.07. The minimum Gasteiger partial charge on any atom is -0.490 e. The summed E-state index contributed by atoms with van der Waals surface area (Å²) >= 11 is 3.51. The fraction of sp³-hybridized carbons (Fsp3) is 0.286. The summed E-state index contributed by atoms with van der Waals surface area (Å²) in [6.07, 6.45) is 1.75. The van der Waals surface area contributed by atoms with Gasteiger partial charge in [0.15, 0.2) is 11.5 Å². The summed E-state index contributed by atoms with van der Waals surface area (Å²) in [6, 6.07) is 13.6. The molecule has 0 bridgehead atoms. The van der Waals surface area contributed by atoms with Crippen molar-refractivity contribution in [3.05, 3.63) is 64.4 Å². The first-order chi connectivity index (χ1) is 14.1. The molecule has 3 aromatic rings. The van der Waals surface area contributed by atoms with Gasteiger partial charge in [0.25, 0.3) is 0 Å². The Morgan fingerprint density at radius 2 is 1.79 bits per heavy atom. The van der Waals surface area contributed by atoms with Crippen molar-refractivity contribution in [2.45, 2.75) is 26.8 Å². The van der Waals surface area contributed by atoms with E-state index >= 15 is 0 Å². The predicted molar refractivity (Wildman–Crippen MR) is 114 cm³/mol. The van der Waals surface area contributed by atoms with Gasteiger partial charge in [-0.3, -0.25) is 10.1 Å². The number of amides is 1. The lowest BCUT2D eigenvalue weighted by Crippen LogP contribution is -2.16. The molecule has 1 amide bonds. The van der Waals surface area contributed by atoms with E-state index in [4.69, 9.17) is 9.47 Å². The molecule has 0 aliphatic rings. The van der Waals surface area contributed by atoms with E-state index in [2.05, 4.69) is 31.3 Å². The third-order valence-electron chi connectivity index (χ3n) is 4.04. The average molecular weight is 459 g/mol. The Labute approximate surface area is 178 Å². The largest absolute Gasteiger partial charge is 0.490 e.